The number of rotatable bonds is 3. The molecule has 2 aromatic heterocycles. The van der Waals surface area contributed by atoms with E-state index >= 15 is 0 Å². The third-order valence-electron chi connectivity index (χ3n) is 4.34. The molecule has 0 fully saturated rings. The van der Waals surface area contributed by atoms with Crippen molar-refractivity contribution in [2.45, 2.75) is 31.3 Å². The lowest BCUT2D eigenvalue weighted by Crippen LogP contribution is -2.26. The summed E-state index contributed by atoms with van der Waals surface area (Å²) < 4.78 is 36.0. The van der Waals surface area contributed by atoms with Crippen LogP contribution in [-0.4, -0.2) is 30.5 Å². The average molecular weight is 430 g/mol. The van der Waals surface area contributed by atoms with E-state index in [1.807, 2.05) is 24.3 Å². The number of anilines is 1. The van der Waals surface area contributed by atoms with Gasteiger partial charge < -0.3 is 14.3 Å². The third kappa shape index (κ3) is 3.82. The summed E-state index contributed by atoms with van der Waals surface area (Å²) in [7, 11) is -3.54. The van der Waals surface area contributed by atoms with Gasteiger partial charge in [0, 0.05) is 17.0 Å². The van der Waals surface area contributed by atoms with Gasteiger partial charge in [0.05, 0.1) is 11.1 Å². The van der Waals surface area contributed by atoms with Gasteiger partial charge in [0.15, 0.2) is 5.75 Å². The number of aromatic hydroxyl groups is 1. The van der Waals surface area contributed by atoms with Crippen LogP contribution in [0.25, 0.3) is 21.9 Å². The molecule has 8 nitrogen and oxygen atoms in total. The molecule has 9 heteroatoms. The summed E-state index contributed by atoms with van der Waals surface area (Å²) in [5.74, 6) is -0.323. The fourth-order valence-corrected chi connectivity index (χ4v) is 4.16. The first-order valence-corrected chi connectivity index (χ1v) is 10.7. The van der Waals surface area contributed by atoms with Gasteiger partial charge in [0.25, 0.3) is 0 Å². The highest BCUT2D eigenvalue weighted by Gasteiger charge is 2.23. The van der Waals surface area contributed by atoms with Gasteiger partial charge in [0.1, 0.15) is 22.5 Å². The molecule has 0 aliphatic heterocycles. The molecular formula is C21H22N2O6S. The number of carbonyl (C=O) groups excluding carboxylic acids is 1. The van der Waals surface area contributed by atoms with E-state index in [-0.39, 0.29) is 16.3 Å². The molecule has 0 unspecified atom stereocenters. The smallest absolute Gasteiger partial charge is 0.418 e. The van der Waals surface area contributed by atoms with E-state index in [0.717, 1.165) is 21.5 Å². The Bertz CT molecular complexity index is 1250. The number of furan rings is 1. The number of benzene rings is 2. The molecule has 0 aliphatic carbocycles. The van der Waals surface area contributed by atoms with E-state index in [4.69, 9.17) is 9.15 Å². The van der Waals surface area contributed by atoms with E-state index in [2.05, 4.69) is 4.72 Å². The van der Waals surface area contributed by atoms with Crippen LogP contribution in [0.4, 0.5) is 10.5 Å². The number of para-hydroxylation sites is 1. The minimum absolute atomic E-state index is 0.0157. The van der Waals surface area contributed by atoms with Gasteiger partial charge in [-0.2, -0.15) is 0 Å². The molecule has 30 heavy (non-hydrogen) atoms. The van der Waals surface area contributed by atoms with Gasteiger partial charge >= 0.3 is 6.09 Å². The van der Waals surface area contributed by atoms with Crippen LogP contribution in [-0.2, 0) is 4.74 Å². The summed E-state index contributed by atoms with van der Waals surface area (Å²) in [4.78, 5) is 12.4. The standard InChI is InChI=1S/C21H22N2O6S/c1-21(2,3)29-20(25)23-11-16(17(24)12-23)22-30(26,27)13-8-9-19-15(10-13)14-6-4-5-7-18(14)28-19/h4-12,22,24,26-27H,1-3H3. The van der Waals surface area contributed by atoms with Crippen LogP contribution >= 0.6 is 10.8 Å². The maximum Gasteiger partial charge on any atom is 0.418 e. The highest BCUT2D eigenvalue weighted by atomic mass is 32.3. The van der Waals surface area contributed by atoms with Gasteiger partial charge in [-0.3, -0.25) is 18.4 Å². The lowest BCUT2D eigenvalue weighted by Gasteiger charge is -2.33. The second-order valence-electron chi connectivity index (χ2n) is 7.85. The Morgan fingerprint density at radius 3 is 2.50 bits per heavy atom. The summed E-state index contributed by atoms with van der Waals surface area (Å²) in [5, 5.41) is 11.7. The molecular weight excluding hydrogens is 408 g/mol. The highest BCUT2D eigenvalue weighted by Crippen LogP contribution is 2.50. The topological polar surface area (TPSA) is 117 Å². The number of nitrogens with zero attached hydrogens (tertiary/aromatic N) is 1. The molecule has 0 radical (unpaired) electrons. The van der Waals surface area contributed by atoms with Crippen molar-refractivity contribution < 1.29 is 28.2 Å². The summed E-state index contributed by atoms with van der Waals surface area (Å²) in [6, 6.07) is 12.3. The van der Waals surface area contributed by atoms with Crippen LogP contribution in [0, 0.1) is 0 Å². The summed E-state index contributed by atoms with van der Waals surface area (Å²) in [6.07, 6.45) is 1.68. The second-order valence-corrected chi connectivity index (χ2v) is 9.63. The van der Waals surface area contributed by atoms with Crippen molar-refractivity contribution in [2.24, 2.45) is 0 Å². The number of hydrogen-bond donors (Lipinski definition) is 4. The Hall–Kier alpha value is -3.14. The largest absolute Gasteiger partial charge is 0.504 e. The van der Waals surface area contributed by atoms with Crippen LogP contribution in [0.15, 0.2) is 64.2 Å². The Kier molecular flexibility index (Phi) is 4.69. The molecule has 0 spiro atoms. The second kappa shape index (κ2) is 6.98. The first kappa shape index (κ1) is 20.1. The summed E-state index contributed by atoms with van der Waals surface area (Å²) >= 11 is 0. The number of hydrogen-bond acceptors (Lipinski definition) is 7. The number of aromatic nitrogens is 1. The summed E-state index contributed by atoms with van der Waals surface area (Å²) in [5.41, 5.74) is 0.587. The van der Waals surface area contributed by atoms with Gasteiger partial charge in [-0.25, -0.2) is 4.79 Å². The molecule has 4 rings (SSSR count). The van der Waals surface area contributed by atoms with Crippen molar-refractivity contribution >= 4 is 44.5 Å². The van der Waals surface area contributed by atoms with Crippen molar-refractivity contribution in [3.8, 4) is 5.75 Å². The maximum absolute atomic E-state index is 12.2. The highest BCUT2D eigenvalue weighted by molar-refractivity contribution is 8.25. The van der Waals surface area contributed by atoms with Crippen LogP contribution in [0.2, 0.25) is 0 Å². The van der Waals surface area contributed by atoms with Crippen LogP contribution < -0.4 is 4.72 Å². The third-order valence-corrected chi connectivity index (χ3v) is 5.75. The lowest BCUT2D eigenvalue weighted by atomic mass is 10.1. The van der Waals surface area contributed by atoms with Gasteiger partial charge in [-0.15, -0.1) is 0 Å². The molecule has 158 valence electrons. The van der Waals surface area contributed by atoms with E-state index in [0.29, 0.717) is 11.2 Å². The fourth-order valence-electron chi connectivity index (χ4n) is 3.04. The van der Waals surface area contributed by atoms with E-state index < -0.39 is 22.5 Å². The Morgan fingerprint density at radius 1 is 1.07 bits per heavy atom. The van der Waals surface area contributed by atoms with Gasteiger partial charge in [0.2, 0.25) is 0 Å². The first-order chi connectivity index (χ1) is 14.0. The lowest BCUT2D eigenvalue weighted by molar-refractivity contribution is 0.0536. The molecule has 0 amide bonds. The molecule has 0 aliphatic rings. The number of ether oxygens (including phenoxy) is 1. The van der Waals surface area contributed by atoms with E-state index in [9.17, 15) is 19.0 Å². The van der Waals surface area contributed by atoms with Crippen LogP contribution in [0.5, 0.6) is 5.75 Å². The monoisotopic (exact) mass is 430 g/mol. The number of nitrogens with one attached hydrogen (secondary N) is 1. The van der Waals surface area contributed by atoms with Crippen molar-refractivity contribution in [3.05, 3.63) is 54.9 Å². The Labute approximate surface area is 174 Å². The average Bonchev–Trinajstić information content (AvgIpc) is 3.20. The molecule has 2 heterocycles. The van der Waals surface area contributed by atoms with Crippen LogP contribution in [0.3, 0.4) is 0 Å². The molecule has 4 N–H and O–H groups in total. The Balaban J connectivity index is 1.64. The summed E-state index contributed by atoms with van der Waals surface area (Å²) in [6.45, 7) is 5.17. The SMILES string of the molecule is CC(C)(C)OC(=O)n1cc(O)c(NS(O)(O)c2ccc3oc4ccccc4c3c2)c1. The minimum atomic E-state index is -3.54. The van der Waals surface area contributed by atoms with Gasteiger partial charge in [-0.1, -0.05) is 29.0 Å². The predicted octanol–water partition coefficient (Wildman–Crippen LogP) is 6.01. The Morgan fingerprint density at radius 2 is 1.77 bits per heavy atom. The number of carbonyl (C=O) groups is 1. The van der Waals surface area contributed by atoms with Crippen molar-refractivity contribution in [1.29, 1.82) is 0 Å². The minimum Gasteiger partial charge on any atom is -0.504 e. The van der Waals surface area contributed by atoms with E-state index in [1.54, 1.807) is 32.9 Å². The molecule has 0 saturated heterocycles. The molecule has 0 bridgehead atoms. The molecule has 4 aromatic rings. The predicted molar refractivity (Wildman–Crippen MR) is 116 cm³/mol. The zero-order valence-electron chi connectivity index (χ0n) is 16.6. The molecule has 0 saturated carbocycles. The zero-order chi connectivity index (χ0) is 21.7. The van der Waals surface area contributed by atoms with E-state index in [1.165, 1.54) is 12.3 Å². The normalized spacial score (nSPS) is 13.0. The first-order valence-electron chi connectivity index (χ1n) is 9.15. The number of fused-ring (bicyclic) bond motifs is 3. The molecule has 2 aromatic carbocycles. The quantitative estimate of drug-likeness (QED) is 0.314. The van der Waals surface area contributed by atoms with Crippen molar-refractivity contribution in [3.63, 3.8) is 0 Å². The maximum atomic E-state index is 12.2. The van der Waals surface area contributed by atoms with Gasteiger partial charge in [-0.05, 0) is 45.0 Å². The fraction of sp³-hybridized carbons (Fsp3) is 0.190. The van der Waals surface area contributed by atoms with Crippen LogP contribution in [0.1, 0.15) is 20.8 Å². The van der Waals surface area contributed by atoms with Crippen molar-refractivity contribution in [1.82, 2.24) is 4.57 Å². The molecule has 0 atom stereocenters. The van der Waals surface area contributed by atoms with Crippen molar-refractivity contribution in [2.75, 3.05) is 4.72 Å². The zero-order valence-corrected chi connectivity index (χ0v) is 17.4.